The van der Waals surface area contributed by atoms with Crippen molar-refractivity contribution in [1.82, 2.24) is 40.4 Å². The number of piperidine rings is 1. The Morgan fingerprint density at radius 1 is 0.579 bits per heavy atom. The molecular weight excluding hydrogens is 978 g/mol. The average molecular weight is 1050 g/mol. The molecule has 0 radical (unpaired) electrons. The van der Waals surface area contributed by atoms with Crippen LogP contribution in [0, 0.1) is 29.3 Å². The van der Waals surface area contributed by atoms with Gasteiger partial charge in [-0.25, -0.2) is 32.7 Å². The maximum absolute atomic E-state index is 16.8. The van der Waals surface area contributed by atoms with E-state index in [4.69, 9.17) is 19.4 Å². The molecule has 4 amide bonds. The summed E-state index contributed by atoms with van der Waals surface area (Å²) >= 11 is 0. The van der Waals surface area contributed by atoms with Crippen LogP contribution in [0.1, 0.15) is 137 Å². The molecule has 402 valence electrons. The summed E-state index contributed by atoms with van der Waals surface area (Å²) in [5, 5.41) is 5.42. The highest BCUT2D eigenvalue weighted by molar-refractivity contribution is 5.88. The van der Waals surface area contributed by atoms with E-state index < -0.39 is 35.9 Å². The number of aromatic nitrogens is 4. The van der Waals surface area contributed by atoms with Gasteiger partial charge in [0.2, 0.25) is 11.8 Å². The number of aromatic amines is 2. The third kappa shape index (κ3) is 10.2. The minimum absolute atomic E-state index is 0.0648. The van der Waals surface area contributed by atoms with E-state index in [0.717, 1.165) is 40.6 Å². The van der Waals surface area contributed by atoms with Crippen molar-refractivity contribution >= 4 is 57.4 Å². The number of H-pyrrole nitrogens is 2. The molecule has 0 aliphatic carbocycles. The monoisotopic (exact) mass is 1040 g/mol. The van der Waals surface area contributed by atoms with Crippen LogP contribution in [0.2, 0.25) is 0 Å². The molecule has 19 heteroatoms. The number of alkyl carbamates (subject to hydrolysis) is 2. The zero-order valence-electron chi connectivity index (χ0n) is 43.9. The number of anilines is 2. The number of hydrogen-bond acceptors (Lipinski definition) is 10. The number of fused-ring (bicyclic) bond motifs is 2. The molecule has 4 saturated heterocycles. The van der Waals surface area contributed by atoms with Crippen LogP contribution in [0.4, 0.5) is 34.1 Å². The number of imidazole rings is 2. The Hall–Kier alpha value is -7.31. The van der Waals surface area contributed by atoms with Gasteiger partial charge in [0, 0.05) is 31.9 Å². The third-order valence-electron chi connectivity index (χ3n) is 16.1. The number of halogens is 3. The first-order valence-electron chi connectivity index (χ1n) is 26.7. The molecule has 6 heterocycles. The number of nitrogens with one attached hydrogen (secondary N) is 4. The molecule has 0 saturated carbocycles. The van der Waals surface area contributed by atoms with Gasteiger partial charge in [0.05, 0.1) is 60.5 Å². The molecule has 4 aliphatic rings. The predicted molar refractivity (Wildman–Crippen MR) is 282 cm³/mol. The van der Waals surface area contributed by atoms with Crippen LogP contribution in [0.3, 0.4) is 0 Å². The number of benzene rings is 4. The average Bonchev–Trinajstić information content (AvgIpc) is 4.29. The second kappa shape index (κ2) is 21.7. The number of nitrogens with zero attached hydrogens (tertiary/aromatic N) is 6. The fourth-order valence-corrected chi connectivity index (χ4v) is 12.2. The fraction of sp³-hybridized carbons (Fsp3) is 0.474. The number of methoxy groups -OCH3 is 2. The molecule has 6 aromatic rings. The van der Waals surface area contributed by atoms with E-state index in [1.807, 2.05) is 64.1 Å². The second-order valence-corrected chi connectivity index (χ2v) is 21.5. The molecule has 4 fully saturated rings. The van der Waals surface area contributed by atoms with Gasteiger partial charge in [-0.15, -0.1) is 0 Å². The van der Waals surface area contributed by atoms with Crippen molar-refractivity contribution in [3.05, 3.63) is 119 Å². The largest absolute Gasteiger partial charge is 0.453 e. The van der Waals surface area contributed by atoms with Crippen molar-refractivity contribution in [3.63, 3.8) is 0 Å². The van der Waals surface area contributed by atoms with E-state index in [1.165, 1.54) is 38.5 Å². The Labute approximate surface area is 440 Å². The van der Waals surface area contributed by atoms with Crippen molar-refractivity contribution in [2.75, 3.05) is 50.2 Å². The number of amides is 4. The van der Waals surface area contributed by atoms with Crippen LogP contribution in [-0.4, -0.2) is 106 Å². The zero-order valence-corrected chi connectivity index (χ0v) is 43.9. The van der Waals surface area contributed by atoms with E-state index in [-0.39, 0.29) is 65.2 Å². The molecule has 16 nitrogen and oxygen atoms in total. The molecule has 4 aliphatic heterocycles. The summed E-state index contributed by atoms with van der Waals surface area (Å²) in [6.45, 7) is 9.39. The van der Waals surface area contributed by atoms with Gasteiger partial charge in [-0.1, -0.05) is 52.0 Å². The van der Waals surface area contributed by atoms with Crippen LogP contribution < -0.4 is 20.4 Å². The molecule has 76 heavy (non-hydrogen) atoms. The van der Waals surface area contributed by atoms with Crippen molar-refractivity contribution in [2.24, 2.45) is 11.8 Å². The van der Waals surface area contributed by atoms with E-state index in [1.54, 1.807) is 26.8 Å². The third-order valence-corrected chi connectivity index (χ3v) is 16.1. The lowest BCUT2D eigenvalue weighted by molar-refractivity contribution is -0.136. The van der Waals surface area contributed by atoms with Crippen LogP contribution in [-0.2, 0) is 19.1 Å². The topological polar surface area (TPSA) is 181 Å². The summed E-state index contributed by atoms with van der Waals surface area (Å²) in [5.74, 6) is -0.985. The smallest absolute Gasteiger partial charge is 0.407 e. The highest BCUT2D eigenvalue weighted by atomic mass is 19.1. The van der Waals surface area contributed by atoms with Gasteiger partial charge >= 0.3 is 12.2 Å². The van der Waals surface area contributed by atoms with Crippen molar-refractivity contribution < 1.29 is 41.8 Å². The molecule has 0 bridgehead atoms. The Morgan fingerprint density at radius 3 is 1.46 bits per heavy atom. The Morgan fingerprint density at radius 2 is 1.03 bits per heavy atom. The number of hydrogen-bond donors (Lipinski definition) is 4. The van der Waals surface area contributed by atoms with E-state index >= 15 is 8.78 Å². The first-order chi connectivity index (χ1) is 36.6. The van der Waals surface area contributed by atoms with Crippen LogP contribution in [0.15, 0.2) is 72.8 Å². The number of ether oxygens (including phenoxy) is 2. The van der Waals surface area contributed by atoms with Crippen molar-refractivity contribution in [3.8, 4) is 0 Å². The highest BCUT2D eigenvalue weighted by Crippen LogP contribution is 2.49. The van der Waals surface area contributed by atoms with Crippen molar-refractivity contribution in [2.45, 2.75) is 121 Å². The lowest BCUT2D eigenvalue weighted by Gasteiger charge is -2.36. The maximum atomic E-state index is 16.8. The molecule has 2 aromatic heterocycles. The lowest BCUT2D eigenvalue weighted by Crippen LogP contribution is -2.51. The van der Waals surface area contributed by atoms with Gasteiger partial charge in [0.15, 0.2) is 11.6 Å². The van der Waals surface area contributed by atoms with Crippen LogP contribution in [0.25, 0.3) is 22.1 Å². The SMILES string of the molecule is COC(=O)NC(C(=O)N1CCC[C@H]1c1nc2cc([C@H]3CC[C@H](c4ccc5[nH]c([C@@H]6CCCN6C(=O)[C@@H](NC(=O)OC)C(C)C)nc5c4)N3c3cc(F)c(N4CCC(c5ccc(F)cc5)CC4)c(F)c3)ccc2[nH]1)C(C)C. The lowest BCUT2D eigenvalue weighted by atomic mass is 9.89. The number of likely N-dealkylation sites (tertiary alicyclic amines) is 2. The molecule has 4 N–H and O–H groups in total. The van der Waals surface area contributed by atoms with E-state index in [9.17, 15) is 23.6 Å². The minimum Gasteiger partial charge on any atom is -0.453 e. The Bertz CT molecular complexity index is 2950. The van der Waals surface area contributed by atoms with E-state index in [2.05, 4.69) is 25.5 Å². The summed E-state index contributed by atoms with van der Waals surface area (Å²) in [6, 6.07) is 18.5. The number of carbonyl (C=O) groups excluding carboxylic acids is 4. The minimum atomic E-state index is -0.779. The molecular formula is C57H67F3N10O6. The summed E-state index contributed by atoms with van der Waals surface area (Å²) in [4.78, 5) is 76.9. The Kier molecular flexibility index (Phi) is 14.9. The summed E-state index contributed by atoms with van der Waals surface area (Å²) in [6.07, 6.45) is 4.16. The first kappa shape index (κ1) is 52.1. The highest BCUT2D eigenvalue weighted by Gasteiger charge is 2.41. The number of carbonyl (C=O) groups is 4. The van der Waals surface area contributed by atoms with E-state index in [0.29, 0.717) is 93.1 Å². The zero-order chi connectivity index (χ0) is 53.5. The van der Waals surface area contributed by atoms with Gasteiger partial charge in [-0.2, -0.15) is 0 Å². The number of rotatable bonds is 13. The molecule has 1 unspecified atom stereocenters. The summed E-state index contributed by atoms with van der Waals surface area (Å²) in [5.41, 5.74) is 6.06. The van der Waals surface area contributed by atoms with Crippen LogP contribution in [0.5, 0.6) is 0 Å². The summed E-state index contributed by atoms with van der Waals surface area (Å²) < 4.78 is 57.0. The van der Waals surface area contributed by atoms with Gasteiger partial charge < -0.3 is 49.7 Å². The standard InChI is InChI=1S/C57H67F3N10O6/c1-31(2)49(65-56(73)75-5)54(71)68-23-7-9-47(68)52-61-41-17-13-35(27-43(41)63-52)45-19-20-46(70(45)38-29-39(59)51(40(60)30-38)67-25-21-34(22-26-67)33-11-15-37(58)16-12-33)36-14-18-42-44(28-36)64-53(62-42)48-10-8-24-69(48)55(72)50(32(3)4)66-57(74)76-6/h11-18,27-32,34,45-50H,7-10,19-26H2,1-6H3,(H,61,63)(H,62,64)(H,65,73)(H,66,74)/t45-,46-,47+,48+,49+,50?/m1/s1. The maximum Gasteiger partial charge on any atom is 0.407 e. The quantitative estimate of drug-likeness (QED) is 0.0869. The van der Waals surface area contributed by atoms with Gasteiger partial charge in [-0.3, -0.25) is 9.59 Å². The summed E-state index contributed by atoms with van der Waals surface area (Å²) in [7, 11) is 2.54. The first-order valence-corrected chi connectivity index (χ1v) is 26.7. The van der Waals surface area contributed by atoms with Crippen molar-refractivity contribution in [1.29, 1.82) is 0 Å². The van der Waals surface area contributed by atoms with Gasteiger partial charge in [0.1, 0.15) is 35.2 Å². The van der Waals surface area contributed by atoms with Gasteiger partial charge in [-0.05, 0) is 134 Å². The molecule has 6 atom stereocenters. The second-order valence-electron chi connectivity index (χ2n) is 21.5. The molecule has 10 rings (SSSR count). The Balaban J connectivity index is 0.964. The molecule has 4 aromatic carbocycles. The predicted octanol–water partition coefficient (Wildman–Crippen LogP) is 10.4. The van der Waals surface area contributed by atoms with Gasteiger partial charge in [0.25, 0.3) is 0 Å². The normalized spacial score (nSPS) is 21.0. The molecule has 0 spiro atoms. The fourth-order valence-electron chi connectivity index (χ4n) is 12.2. The van der Waals surface area contributed by atoms with Crippen LogP contribution >= 0.6 is 0 Å².